The number of nitrogens with zero attached hydrogens (tertiary/aromatic N) is 1. The fraction of sp³-hybridized carbons (Fsp3) is 0.438. The summed E-state index contributed by atoms with van der Waals surface area (Å²) in [7, 11) is 1.80. The van der Waals surface area contributed by atoms with Gasteiger partial charge in [-0.3, -0.25) is 4.79 Å². The number of hydrogen-bond donors (Lipinski definition) is 2. The van der Waals surface area contributed by atoms with Gasteiger partial charge in [-0.25, -0.2) is 0 Å². The molecule has 0 atom stereocenters. The SMILES string of the molecule is CCC(CC)(CN)Nc1cc(=O)n(C)c2ccccc12. The first-order valence-electron chi connectivity index (χ1n) is 7.14. The summed E-state index contributed by atoms with van der Waals surface area (Å²) in [5.74, 6) is 0. The Hall–Kier alpha value is -1.81. The molecule has 1 aromatic carbocycles. The molecule has 0 spiro atoms. The molecule has 0 saturated carbocycles. The third-order valence-electron chi connectivity index (χ3n) is 4.30. The number of aryl methyl sites for hydroxylation is 1. The molecule has 4 heteroatoms. The second-order valence-corrected chi connectivity index (χ2v) is 5.29. The van der Waals surface area contributed by atoms with Gasteiger partial charge in [-0.15, -0.1) is 0 Å². The molecule has 0 saturated heterocycles. The monoisotopic (exact) mass is 273 g/mol. The first-order chi connectivity index (χ1) is 9.56. The first-order valence-corrected chi connectivity index (χ1v) is 7.14. The van der Waals surface area contributed by atoms with Crippen molar-refractivity contribution in [3.63, 3.8) is 0 Å². The van der Waals surface area contributed by atoms with Gasteiger partial charge in [-0.1, -0.05) is 32.0 Å². The lowest BCUT2D eigenvalue weighted by atomic mass is 9.92. The largest absolute Gasteiger partial charge is 0.378 e. The van der Waals surface area contributed by atoms with Gasteiger partial charge in [0.1, 0.15) is 0 Å². The lowest BCUT2D eigenvalue weighted by molar-refractivity contribution is 0.446. The number of nitrogens with one attached hydrogen (secondary N) is 1. The highest BCUT2D eigenvalue weighted by molar-refractivity contribution is 5.91. The van der Waals surface area contributed by atoms with E-state index in [0.29, 0.717) is 6.54 Å². The van der Waals surface area contributed by atoms with Crippen LogP contribution in [0, 0.1) is 0 Å². The van der Waals surface area contributed by atoms with Crippen molar-refractivity contribution in [2.75, 3.05) is 11.9 Å². The Morgan fingerprint density at radius 1 is 1.25 bits per heavy atom. The smallest absolute Gasteiger partial charge is 0.252 e. The van der Waals surface area contributed by atoms with Crippen molar-refractivity contribution in [2.45, 2.75) is 32.2 Å². The number of hydrogen-bond acceptors (Lipinski definition) is 3. The third-order valence-corrected chi connectivity index (χ3v) is 4.30. The van der Waals surface area contributed by atoms with E-state index in [-0.39, 0.29) is 11.1 Å². The second-order valence-electron chi connectivity index (χ2n) is 5.29. The van der Waals surface area contributed by atoms with Crippen molar-refractivity contribution in [3.8, 4) is 0 Å². The van der Waals surface area contributed by atoms with E-state index >= 15 is 0 Å². The van der Waals surface area contributed by atoms with Crippen molar-refractivity contribution in [1.82, 2.24) is 4.57 Å². The molecule has 1 heterocycles. The highest BCUT2D eigenvalue weighted by Gasteiger charge is 2.24. The molecule has 0 aliphatic carbocycles. The zero-order valence-corrected chi connectivity index (χ0v) is 12.4. The lowest BCUT2D eigenvalue weighted by Gasteiger charge is -2.33. The minimum Gasteiger partial charge on any atom is -0.378 e. The number of para-hydroxylation sites is 1. The summed E-state index contributed by atoms with van der Waals surface area (Å²) in [5, 5.41) is 4.56. The number of benzene rings is 1. The standard InChI is InChI=1S/C16H23N3O/c1-4-16(5-2,11-17)18-13-10-15(20)19(3)14-9-7-6-8-12(13)14/h6-10,18H,4-5,11,17H2,1-3H3. The summed E-state index contributed by atoms with van der Waals surface area (Å²) < 4.78 is 1.67. The molecular formula is C16H23N3O. The van der Waals surface area contributed by atoms with Crippen molar-refractivity contribution in [1.29, 1.82) is 0 Å². The van der Waals surface area contributed by atoms with Crippen LogP contribution in [-0.2, 0) is 7.05 Å². The van der Waals surface area contributed by atoms with Crippen LogP contribution in [0.2, 0.25) is 0 Å². The third kappa shape index (κ3) is 2.43. The fourth-order valence-electron chi connectivity index (χ4n) is 2.57. The predicted octanol–water partition coefficient (Wildman–Crippen LogP) is 2.47. The van der Waals surface area contributed by atoms with Gasteiger partial charge in [0.2, 0.25) is 0 Å². The van der Waals surface area contributed by atoms with Gasteiger partial charge < -0.3 is 15.6 Å². The first kappa shape index (κ1) is 14.6. The van der Waals surface area contributed by atoms with E-state index in [4.69, 9.17) is 5.73 Å². The maximum absolute atomic E-state index is 12.1. The number of anilines is 1. The lowest BCUT2D eigenvalue weighted by Crippen LogP contribution is -2.44. The summed E-state index contributed by atoms with van der Waals surface area (Å²) >= 11 is 0. The van der Waals surface area contributed by atoms with Crippen molar-refractivity contribution in [2.24, 2.45) is 12.8 Å². The molecule has 0 fully saturated rings. The van der Waals surface area contributed by atoms with Crippen LogP contribution < -0.4 is 16.6 Å². The zero-order valence-electron chi connectivity index (χ0n) is 12.4. The van der Waals surface area contributed by atoms with Crippen LogP contribution in [0.4, 0.5) is 5.69 Å². The predicted molar refractivity (Wildman–Crippen MR) is 85.2 cm³/mol. The van der Waals surface area contributed by atoms with Gasteiger partial charge in [-0.2, -0.15) is 0 Å². The molecule has 108 valence electrons. The summed E-state index contributed by atoms with van der Waals surface area (Å²) in [6.45, 7) is 4.78. The average Bonchev–Trinajstić information content (AvgIpc) is 2.50. The van der Waals surface area contributed by atoms with E-state index in [2.05, 4.69) is 19.2 Å². The number of nitrogens with two attached hydrogens (primary N) is 1. The zero-order chi connectivity index (χ0) is 14.8. The van der Waals surface area contributed by atoms with Gasteiger partial charge in [0.15, 0.2) is 0 Å². The van der Waals surface area contributed by atoms with Crippen LogP contribution >= 0.6 is 0 Å². The topological polar surface area (TPSA) is 60.0 Å². The van der Waals surface area contributed by atoms with Gasteiger partial charge in [0, 0.05) is 36.3 Å². The maximum Gasteiger partial charge on any atom is 0.252 e. The van der Waals surface area contributed by atoms with Crippen molar-refractivity contribution < 1.29 is 0 Å². The van der Waals surface area contributed by atoms with Gasteiger partial charge >= 0.3 is 0 Å². The molecule has 1 aromatic heterocycles. The van der Waals surface area contributed by atoms with Crippen LogP contribution in [-0.4, -0.2) is 16.7 Å². The normalized spacial score (nSPS) is 11.8. The molecule has 0 aliphatic rings. The Bertz CT molecular complexity index is 648. The van der Waals surface area contributed by atoms with Crippen LogP contribution in [0.1, 0.15) is 26.7 Å². The molecule has 0 aliphatic heterocycles. The molecule has 0 amide bonds. The van der Waals surface area contributed by atoms with Gasteiger partial charge in [0.05, 0.1) is 5.52 Å². The summed E-state index contributed by atoms with van der Waals surface area (Å²) in [4.78, 5) is 12.1. The molecule has 2 aromatic rings. The minimum absolute atomic E-state index is 0.00988. The molecule has 0 bridgehead atoms. The summed E-state index contributed by atoms with van der Waals surface area (Å²) in [6, 6.07) is 9.59. The Kier molecular flexibility index (Phi) is 4.14. The van der Waals surface area contributed by atoms with E-state index in [9.17, 15) is 4.79 Å². The van der Waals surface area contributed by atoms with Crippen molar-refractivity contribution >= 4 is 16.6 Å². The molecule has 0 radical (unpaired) electrons. The fourth-order valence-corrected chi connectivity index (χ4v) is 2.57. The van der Waals surface area contributed by atoms with Gasteiger partial charge in [-0.05, 0) is 18.9 Å². The van der Waals surface area contributed by atoms with Crippen molar-refractivity contribution in [3.05, 3.63) is 40.7 Å². The number of pyridine rings is 1. The molecule has 2 rings (SSSR count). The molecular weight excluding hydrogens is 250 g/mol. The molecule has 4 nitrogen and oxygen atoms in total. The number of rotatable bonds is 5. The molecule has 0 unspecified atom stereocenters. The van der Waals surface area contributed by atoms with Crippen LogP contribution in [0.3, 0.4) is 0 Å². The van der Waals surface area contributed by atoms with E-state index in [1.54, 1.807) is 17.7 Å². The van der Waals surface area contributed by atoms with E-state index in [1.165, 1.54) is 0 Å². The second kappa shape index (κ2) is 5.67. The Labute approximate surface area is 119 Å². The number of fused-ring (bicyclic) bond motifs is 1. The highest BCUT2D eigenvalue weighted by Crippen LogP contribution is 2.26. The van der Waals surface area contributed by atoms with Crippen LogP contribution in [0.25, 0.3) is 10.9 Å². The van der Waals surface area contributed by atoms with E-state index in [0.717, 1.165) is 29.4 Å². The average molecular weight is 273 g/mol. The highest BCUT2D eigenvalue weighted by atomic mass is 16.1. The number of aromatic nitrogens is 1. The van der Waals surface area contributed by atoms with E-state index in [1.807, 2.05) is 24.3 Å². The molecule has 20 heavy (non-hydrogen) atoms. The molecule has 3 N–H and O–H groups in total. The van der Waals surface area contributed by atoms with Crippen LogP contribution in [0.15, 0.2) is 35.1 Å². The quantitative estimate of drug-likeness (QED) is 0.879. The Balaban J connectivity index is 2.61. The van der Waals surface area contributed by atoms with Gasteiger partial charge in [0.25, 0.3) is 5.56 Å². The minimum atomic E-state index is -0.158. The summed E-state index contributed by atoms with van der Waals surface area (Å²) in [6.07, 6.45) is 1.84. The summed E-state index contributed by atoms with van der Waals surface area (Å²) in [5.41, 5.74) is 7.58. The maximum atomic E-state index is 12.1. The van der Waals surface area contributed by atoms with E-state index < -0.39 is 0 Å². The Morgan fingerprint density at radius 2 is 1.90 bits per heavy atom. The van der Waals surface area contributed by atoms with Crippen LogP contribution in [0.5, 0.6) is 0 Å². The Morgan fingerprint density at radius 3 is 2.50 bits per heavy atom.